The third-order valence-electron chi connectivity index (χ3n) is 7.83. The summed E-state index contributed by atoms with van der Waals surface area (Å²) in [6.07, 6.45) is 0.194. The van der Waals surface area contributed by atoms with E-state index >= 15 is 0 Å². The second-order valence-corrected chi connectivity index (χ2v) is 11.5. The number of hydrogen-bond donors (Lipinski definition) is 1. The van der Waals surface area contributed by atoms with Crippen LogP contribution in [0, 0.1) is 0 Å². The molecule has 1 aliphatic carbocycles. The topological polar surface area (TPSA) is 55.4 Å². The van der Waals surface area contributed by atoms with Crippen molar-refractivity contribution in [1.82, 2.24) is 5.32 Å². The Morgan fingerprint density at radius 1 is 0.690 bits per heavy atom. The first-order valence-electron chi connectivity index (χ1n) is 14.1. The van der Waals surface area contributed by atoms with Crippen LogP contribution in [0.5, 0.6) is 0 Å². The zero-order chi connectivity index (χ0) is 28.8. The number of hydrogen-bond acceptors (Lipinski definition) is 4. The molecule has 0 bridgehead atoms. The molecule has 0 aliphatic heterocycles. The van der Waals surface area contributed by atoms with E-state index in [-0.39, 0.29) is 12.5 Å². The lowest BCUT2D eigenvalue weighted by molar-refractivity contribution is -0.109. The van der Waals surface area contributed by atoms with E-state index in [1.54, 1.807) is 11.8 Å². The molecule has 0 radical (unpaired) electrons. The lowest BCUT2D eigenvalue weighted by Gasteiger charge is -2.36. The quantitative estimate of drug-likeness (QED) is 0.138. The zero-order valence-corrected chi connectivity index (χ0v) is 23.9. The highest BCUT2D eigenvalue weighted by Gasteiger charge is 2.38. The molecule has 1 aliphatic rings. The maximum absolute atomic E-state index is 13.0. The fraction of sp³-hybridized carbons (Fsp3) is 0.135. The Morgan fingerprint density at radius 2 is 1.12 bits per heavy atom. The number of alkyl carbamates (subject to hydrolysis) is 1. The van der Waals surface area contributed by atoms with Crippen LogP contribution in [0.1, 0.15) is 33.7 Å². The number of carbonyl (C=O) groups excluding carboxylic acids is 2. The number of aldehydes is 1. The van der Waals surface area contributed by atoms with Crippen LogP contribution in [-0.4, -0.2) is 30.8 Å². The highest BCUT2D eigenvalue weighted by Crippen LogP contribution is 2.48. The third kappa shape index (κ3) is 5.36. The molecule has 0 aromatic heterocycles. The lowest BCUT2D eigenvalue weighted by Crippen LogP contribution is -2.40. The van der Waals surface area contributed by atoms with Crippen LogP contribution in [0.25, 0.3) is 11.1 Å². The highest BCUT2D eigenvalue weighted by molar-refractivity contribution is 8.00. The van der Waals surface area contributed by atoms with E-state index < -0.39 is 16.9 Å². The van der Waals surface area contributed by atoms with Crippen LogP contribution in [0.3, 0.4) is 0 Å². The summed E-state index contributed by atoms with van der Waals surface area (Å²) in [4.78, 5) is 25.3. The van der Waals surface area contributed by atoms with Crippen molar-refractivity contribution < 1.29 is 14.3 Å². The van der Waals surface area contributed by atoms with Crippen LogP contribution in [0.2, 0.25) is 0 Å². The number of ether oxygens (including phenoxy) is 1. The number of thioether (sulfide) groups is 1. The van der Waals surface area contributed by atoms with Gasteiger partial charge in [0.2, 0.25) is 0 Å². The van der Waals surface area contributed by atoms with Crippen molar-refractivity contribution in [2.24, 2.45) is 0 Å². The van der Waals surface area contributed by atoms with Crippen molar-refractivity contribution >= 4 is 24.1 Å². The van der Waals surface area contributed by atoms with Crippen molar-refractivity contribution in [1.29, 1.82) is 0 Å². The van der Waals surface area contributed by atoms with Gasteiger partial charge >= 0.3 is 6.09 Å². The minimum absolute atomic E-state index is 0.0471. The van der Waals surface area contributed by atoms with Gasteiger partial charge in [-0.1, -0.05) is 140 Å². The molecule has 5 aromatic carbocycles. The van der Waals surface area contributed by atoms with Gasteiger partial charge in [-0.15, -0.1) is 11.8 Å². The Balaban J connectivity index is 1.21. The van der Waals surface area contributed by atoms with E-state index in [1.807, 2.05) is 78.9 Å². The lowest BCUT2D eigenvalue weighted by atomic mass is 9.84. The molecular weight excluding hydrogens is 538 g/mol. The fourth-order valence-corrected chi connectivity index (χ4v) is 7.39. The number of carbonyl (C=O) groups is 2. The summed E-state index contributed by atoms with van der Waals surface area (Å²) in [6.45, 7) is 0.195. The standard InChI is InChI=1S/C37H31NO3S/c39-24-30(38-36(40)41-25-35-33-22-12-10-20-31(33)32-21-11-13-23-34(32)35)26-42-37(27-14-4-1-5-15-27,28-16-6-2-7-17-28)29-18-8-3-9-19-29/h1-24,30,35H,25-26H2,(H,38,40)/t30-/m1/s1. The van der Waals surface area contributed by atoms with Crippen LogP contribution in [-0.2, 0) is 14.3 Å². The van der Waals surface area contributed by atoms with E-state index in [2.05, 4.69) is 66.0 Å². The second kappa shape index (κ2) is 12.5. The normalized spacial score (nSPS) is 13.0. The van der Waals surface area contributed by atoms with Gasteiger partial charge in [0.05, 0.1) is 10.8 Å². The van der Waals surface area contributed by atoms with Gasteiger partial charge in [0.15, 0.2) is 0 Å². The Labute approximate surface area is 250 Å². The average molecular weight is 570 g/mol. The van der Waals surface area contributed by atoms with Gasteiger partial charge in [0.1, 0.15) is 12.9 Å². The van der Waals surface area contributed by atoms with E-state index in [0.29, 0.717) is 5.75 Å². The summed E-state index contributed by atoms with van der Waals surface area (Å²) in [5.74, 6) is 0.306. The fourth-order valence-electron chi connectivity index (χ4n) is 5.89. The molecule has 0 heterocycles. The molecule has 6 rings (SSSR count). The summed E-state index contributed by atoms with van der Waals surface area (Å²) in [6, 6.07) is 46.6. The van der Waals surface area contributed by atoms with Gasteiger partial charge in [-0.05, 0) is 38.9 Å². The molecule has 42 heavy (non-hydrogen) atoms. The van der Waals surface area contributed by atoms with E-state index in [1.165, 1.54) is 11.1 Å². The molecule has 4 nitrogen and oxygen atoms in total. The van der Waals surface area contributed by atoms with Crippen molar-refractivity contribution in [2.75, 3.05) is 12.4 Å². The first kappa shape index (κ1) is 27.6. The van der Waals surface area contributed by atoms with Crippen LogP contribution < -0.4 is 5.32 Å². The molecule has 1 N–H and O–H groups in total. The van der Waals surface area contributed by atoms with Crippen molar-refractivity contribution in [2.45, 2.75) is 16.7 Å². The third-order valence-corrected chi connectivity index (χ3v) is 9.50. The molecule has 1 atom stereocenters. The number of fused-ring (bicyclic) bond motifs is 3. The smallest absolute Gasteiger partial charge is 0.407 e. The van der Waals surface area contributed by atoms with Gasteiger partial charge < -0.3 is 14.8 Å². The van der Waals surface area contributed by atoms with Gasteiger partial charge in [0.25, 0.3) is 0 Å². The molecule has 0 fully saturated rings. The second-order valence-electron chi connectivity index (χ2n) is 10.3. The van der Waals surface area contributed by atoms with Gasteiger partial charge in [0, 0.05) is 11.7 Å². The van der Waals surface area contributed by atoms with Crippen molar-refractivity contribution in [3.8, 4) is 11.1 Å². The Kier molecular flexibility index (Phi) is 8.20. The molecule has 1 amide bonds. The monoisotopic (exact) mass is 569 g/mol. The van der Waals surface area contributed by atoms with E-state index in [9.17, 15) is 9.59 Å². The van der Waals surface area contributed by atoms with Gasteiger partial charge in [-0.2, -0.15) is 0 Å². The predicted octanol–water partition coefficient (Wildman–Crippen LogP) is 7.82. The molecule has 208 valence electrons. The molecule has 5 aromatic rings. The number of rotatable bonds is 10. The maximum Gasteiger partial charge on any atom is 0.407 e. The van der Waals surface area contributed by atoms with Crippen molar-refractivity contribution in [3.63, 3.8) is 0 Å². The maximum atomic E-state index is 13.0. The van der Waals surface area contributed by atoms with Crippen LogP contribution >= 0.6 is 11.8 Å². The number of benzene rings is 5. The molecular formula is C37H31NO3S. The summed E-state index contributed by atoms with van der Waals surface area (Å²) in [5, 5.41) is 2.82. The summed E-state index contributed by atoms with van der Waals surface area (Å²) >= 11 is 1.63. The van der Waals surface area contributed by atoms with E-state index in [0.717, 1.165) is 34.1 Å². The summed E-state index contributed by atoms with van der Waals surface area (Å²) < 4.78 is 5.15. The first-order valence-corrected chi connectivity index (χ1v) is 15.1. The Hall–Kier alpha value is -4.61. The average Bonchev–Trinajstić information content (AvgIpc) is 3.38. The number of nitrogens with one attached hydrogen (secondary N) is 1. The van der Waals surface area contributed by atoms with Gasteiger partial charge in [-0.3, -0.25) is 0 Å². The number of amides is 1. The van der Waals surface area contributed by atoms with Crippen molar-refractivity contribution in [3.05, 3.63) is 167 Å². The van der Waals surface area contributed by atoms with Crippen LogP contribution in [0.15, 0.2) is 140 Å². The van der Waals surface area contributed by atoms with E-state index in [4.69, 9.17) is 4.74 Å². The predicted molar refractivity (Wildman–Crippen MR) is 170 cm³/mol. The SMILES string of the molecule is O=C[C@H](CSC(c1ccccc1)(c1ccccc1)c1ccccc1)NC(=O)OCC1c2ccccc2-c2ccccc21. The molecule has 0 saturated heterocycles. The molecule has 5 heteroatoms. The van der Waals surface area contributed by atoms with Crippen LogP contribution in [0.4, 0.5) is 4.79 Å². The molecule has 0 spiro atoms. The Bertz CT molecular complexity index is 1510. The zero-order valence-electron chi connectivity index (χ0n) is 23.1. The largest absolute Gasteiger partial charge is 0.449 e. The minimum Gasteiger partial charge on any atom is -0.449 e. The Morgan fingerprint density at radius 3 is 1.57 bits per heavy atom. The molecule has 0 saturated carbocycles. The minimum atomic E-state index is -0.735. The molecule has 0 unspecified atom stereocenters. The van der Waals surface area contributed by atoms with Gasteiger partial charge in [-0.25, -0.2) is 4.79 Å². The highest BCUT2D eigenvalue weighted by atomic mass is 32.2. The summed E-state index contributed by atoms with van der Waals surface area (Å²) in [7, 11) is 0. The summed E-state index contributed by atoms with van der Waals surface area (Å²) in [5.41, 5.74) is 7.92. The first-order chi connectivity index (χ1) is 20.7.